The summed E-state index contributed by atoms with van der Waals surface area (Å²) in [6.07, 6.45) is -1.51. The Kier molecular flexibility index (Phi) is 6.35. The third kappa shape index (κ3) is 4.92. The van der Waals surface area contributed by atoms with Crippen LogP contribution in [0.4, 0.5) is 13.2 Å². The van der Waals surface area contributed by atoms with Gasteiger partial charge in [0.15, 0.2) is 5.65 Å². The molecule has 0 aliphatic heterocycles. The molecule has 0 saturated heterocycles. The Morgan fingerprint density at radius 3 is 2.62 bits per heavy atom. The van der Waals surface area contributed by atoms with E-state index < -0.39 is 17.3 Å². The number of hydrogen-bond acceptors (Lipinski definition) is 5. The molecule has 2 aromatic carbocycles. The van der Waals surface area contributed by atoms with Gasteiger partial charge in [-0.1, -0.05) is 18.2 Å². The maximum atomic E-state index is 13.0. The highest BCUT2D eigenvalue weighted by atomic mass is 19.4. The molecule has 176 valence electrons. The number of rotatable bonds is 7. The van der Waals surface area contributed by atoms with Crippen LogP contribution in [0.25, 0.3) is 16.7 Å². The van der Waals surface area contributed by atoms with Crippen molar-refractivity contribution in [2.45, 2.75) is 19.1 Å². The maximum absolute atomic E-state index is 13.0. The molecular weight excluding hydrogens is 451 g/mol. The van der Waals surface area contributed by atoms with E-state index in [9.17, 15) is 22.8 Å². The van der Waals surface area contributed by atoms with E-state index in [0.29, 0.717) is 13.0 Å². The van der Waals surface area contributed by atoms with Gasteiger partial charge >= 0.3 is 6.18 Å². The van der Waals surface area contributed by atoms with Crippen LogP contribution < -0.4 is 15.6 Å². The van der Waals surface area contributed by atoms with Crippen molar-refractivity contribution in [1.82, 2.24) is 24.6 Å². The second-order valence-electron chi connectivity index (χ2n) is 7.47. The lowest BCUT2D eigenvalue weighted by Gasteiger charge is -2.10. The van der Waals surface area contributed by atoms with Crippen molar-refractivity contribution < 1.29 is 22.7 Å². The SMILES string of the molecule is COc1ccc(CCNC(=O)Cn2cnc3c(cnn3-c3cccc(C(F)(F)F)c3)c2=O)cc1. The van der Waals surface area contributed by atoms with Crippen molar-refractivity contribution in [3.05, 3.63) is 82.5 Å². The largest absolute Gasteiger partial charge is 0.497 e. The average Bonchev–Trinajstić information content (AvgIpc) is 3.26. The van der Waals surface area contributed by atoms with Crippen LogP contribution in [0.2, 0.25) is 0 Å². The summed E-state index contributed by atoms with van der Waals surface area (Å²) >= 11 is 0. The molecule has 4 aromatic rings. The van der Waals surface area contributed by atoms with Gasteiger partial charge in [-0.3, -0.25) is 14.2 Å². The summed E-state index contributed by atoms with van der Waals surface area (Å²) in [5.41, 5.74) is -0.128. The van der Waals surface area contributed by atoms with E-state index in [0.717, 1.165) is 32.7 Å². The number of carbonyl (C=O) groups excluding carboxylic acids is 1. The number of carbonyl (C=O) groups is 1. The summed E-state index contributed by atoms with van der Waals surface area (Å²) in [5, 5.41) is 6.87. The molecule has 1 amide bonds. The molecule has 0 atom stereocenters. The zero-order chi connectivity index (χ0) is 24.3. The van der Waals surface area contributed by atoms with Crippen molar-refractivity contribution in [1.29, 1.82) is 0 Å². The Hall–Kier alpha value is -4.15. The van der Waals surface area contributed by atoms with Gasteiger partial charge in [0.1, 0.15) is 24.0 Å². The number of halogens is 3. The molecular formula is C23H20F3N5O3. The minimum Gasteiger partial charge on any atom is -0.497 e. The maximum Gasteiger partial charge on any atom is 0.416 e. The number of nitrogens with one attached hydrogen (secondary N) is 1. The number of fused-ring (bicyclic) bond motifs is 1. The molecule has 8 nitrogen and oxygen atoms in total. The second kappa shape index (κ2) is 9.38. The highest BCUT2D eigenvalue weighted by molar-refractivity contribution is 5.77. The monoisotopic (exact) mass is 471 g/mol. The molecule has 0 fully saturated rings. The third-order valence-corrected chi connectivity index (χ3v) is 5.18. The molecule has 11 heteroatoms. The molecule has 0 spiro atoms. The summed E-state index contributed by atoms with van der Waals surface area (Å²) in [5.74, 6) is 0.369. The van der Waals surface area contributed by atoms with Crippen LogP contribution in [0.15, 0.2) is 65.8 Å². The minimum absolute atomic E-state index is 0.0888. The predicted octanol–water partition coefficient (Wildman–Crippen LogP) is 2.97. The van der Waals surface area contributed by atoms with Crippen molar-refractivity contribution in [2.75, 3.05) is 13.7 Å². The van der Waals surface area contributed by atoms with Crippen LogP contribution in [0.3, 0.4) is 0 Å². The van der Waals surface area contributed by atoms with Gasteiger partial charge in [-0.2, -0.15) is 18.3 Å². The quantitative estimate of drug-likeness (QED) is 0.448. The highest BCUT2D eigenvalue weighted by Crippen LogP contribution is 2.30. The van der Waals surface area contributed by atoms with E-state index in [1.807, 2.05) is 24.3 Å². The van der Waals surface area contributed by atoms with E-state index >= 15 is 0 Å². The lowest BCUT2D eigenvalue weighted by atomic mass is 10.1. The number of ether oxygens (including phenoxy) is 1. The minimum atomic E-state index is -4.51. The molecule has 0 bridgehead atoms. The van der Waals surface area contributed by atoms with Gasteiger partial charge in [0.05, 0.1) is 24.6 Å². The number of alkyl halides is 3. The first-order valence-electron chi connectivity index (χ1n) is 10.3. The molecule has 0 saturated carbocycles. The Morgan fingerprint density at radius 1 is 1.15 bits per heavy atom. The van der Waals surface area contributed by atoms with Gasteiger partial charge in [-0.25, -0.2) is 9.67 Å². The molecule has 0 aliphatic carbocycles. The summed E-state index contributed by atoms with van der Waals surface area (Å²) in [6, 6.07) is 12.0. The molecule has 2 heterocycles. The zero-order valence-electron chi connectivity index (χ0n) is 18.0. The average molecular weight is 471 g/mol. The Bertz CT molecular complexity index is 1380. The Morgan fingerprint density at radius 2 is 1.91 bits per heavy atom. The zero-order valence-corrected chi connectivity index (χ0v) is 18.0. The number of nitrogens with zero attached hydrogens (tertiary/aromatic N) is 4. The van der Waals surface area contributed by atoms with Gasteiger partial charge in [-0.05, 0) is 42.3 Å². The van der Waals surface area contributed by atoms with E-state index in [1.165, 1.54) is 24.7 Å². The van der Waals surface area contributed by atoms with E-state index in [2.05, 4.69) is 15.4 Å². The van der Waals surface area contributed by atoms with Gasteiger partial charge in [-0.15, -0.1) is 0 Å². The lowest BCUT2D eigenvalue weighted by molar-refractivity contribution is -0.137. The topological polar surface area (TPSA) is 91.0 Å². The first kappa shape index (κ1) is 23.0. The number of amides is 1. The summed E-state index contributed by atoms with van der Waals surface area (Å²) in [7, 11) is 1.58. The van der Waals surface area contributed by atoms with Crippen molar-refractivity contribution >= 4 is 16.9 Å². The van der Waals surface area contributed by atoms with Crippen molar-refractivity contribution in [3.8, 4) is 11.4 Å². The molecule has 1 N–H and O–H groups in total. The first-order chi connectivity index (χ1) is 16.3. The standard InChI is InChI=1S/C23H20F3N5O3/c1-34-18-7-5-15(6-8-18)9-10-27-20(32)13-30-14-28-21-19(22(30)33)12-29-31(21)17-4-2-3-16(11-17)23(24,25)26/h2-8,11-12,14H,9-10,13H2,1H3,(H,27,32). The highest BCUT2D eigenvalue weighted by Gasteiger charge is 2.30. The van der Waals surface area contributed by atoms with Crippen LogP contribution >= 0.6 is 0 Å². The number of hydrogen-bond donors (Lipinski definition) is 1. The van der Waals surface area contributed by atoms with Crippen LogP contribution in [0.1, 0.15) is 11.1 Å². The number of aromatic nitrogens is 4. The third-order valence-electron chi connectivity index (χ3n) is 5.18. The molecule has 0 aliphatic rings. The summed E-state index contributed by atoms with van der Waals surface area (Å²) in [4.78, 5) is 29.2. The van der Waals surface area contributed by atoms with Gasteiger partial charge in [0.25, 0.3) is 5.56 Å². The summed E-state index contributed by atoms with van der Waals surface area (Å²) < 4.78 is 46.5. The first-order valence-corrected chi connectivity index (χ1v) is 10.3. The van der Waals surface area contributed by atoms with Crippen LogP contribution in [0, 0.1) is 0 Å². The lowest BCUT2D eigenvalue weighted by Crippen LogP contribution is -2.33. The molecule has 34 heavy (non-hydrogen) atoms. The molecule has 0 unspecified atom stereocenters. The summed E-state index contributed by atoms with van der Waals surface area (Å²) in [6.45, 7) is 0.127. The Labute approximate surface area is 191 Å². The van der Waals surface area contributed by atoms with Gasteiger partial charge < -0.3 is 10.1 Å². The number of benzene rings is 2. The van der Waals surface area contributed by atoms with Crippen molar-refractivity contribution in [3.63, 3.8) is 0 Å². The molecule has 4 rings (SSSR count). The normalized spacial score (nSPS) is 11.5. The second-order valence-corrected chi connectivity index (χ2v) is 7.47. The van der Waals surface area contributed by atoms with Crippen LogP contribution in [0.5, 0.6) is 5.75 Å². The van der Waals surface area contributed by atoms with E-state index in [1.54, 1.807) is 7.11 Å². The van der Waals surface area contributed by atoms with E-state index in [4.69, 9.17) is 4.74 Å². The Balaban J connectivity index is 1.46. The number of methoxy groups -OCH3 is 1. The fourth-order valence-electron chi connectivity index (χ4n) is 3.41. The molecule has 2 aromatic heterocycles. The smallest absolute Gasteiger partial charge is 0.416 e. The molecule has 0 radical (unpaired) electrons. The predicted molar refractivity (Wildman–Crippen MR) is 118 cm³/mol. The van der Waals surface area contributed by atoms with Gasteiger partial charge in [0, 0.05) is 6.54 Å². The van der Waals surface area contributed by atoms with Crippen LogP contribution in [-0.2, 0) is 23.9 Å². The van der Waals surface area contributed by atoms with Crippen molar-refractivity contribution in [2.24, 2.45) is 0 Å². The fourth-order valence-corrected chi connectivity index (χ4v) is 3.41. The van der Waals surface area contributed by atoms with Gasteiger partial charge in [0.2, 0.25) is 5.91 Å². The van der Waals surface area contributed by atoms with Crippen LogP contribution in [-0.4, -0.2) is 38.9 Å². The fraction of sp³-hybridized carbons (Fsp3) is 0.217. The van der Waals surface area contributed by atoms with E-state index in [-0.39, 0.29) is 29.2 Å².